The summed E-state index contributed by atoms with van der Waals surface area (Å²) in [6.07, 6.45) is 3.63. The van der Waals surface area contributed by atoms with Crippen molar-refractivity contribution in [2.75, 3.05) is 24.5 Å². The molecule has 1 fully saturated rings. The highest BCUT2D eigenvalue weighted by molar-refractivity contribution is 6.30. The molecule has 1 saturated heterocycles. The van der Waals surface area contributed by atoms with Gasteiger partial charge in [0.1, 0.15) is 17.6 Å². The number of imidazole rings is 1. The molecule has 6 rings (SSSR count). The third-order valence-corrected chi connectivity index (χ3v) is 7.55. The zero-order chi connectivity index (χ0) is 28.9. The van der Waals surface area contributed by atoms with E-state index in [1.807, 2.05) is 79.0 Å². The average molecular weight is 647 g/mol. The minimum absolute atomic E-state index is 0. The van der Waals surface area contributed by atoms with Crippen LogP contribution in [0.15, 0.2) is 110 Å². The Balaban J connectivity index is 0.00000221. The van der Waals surface area contributed by atoms with Gasteiger partial charge in [-0.3, -0.25) is 9.69 Å². The van der Waals surface area contributed by atoms with Crippen molar-refractivity contribution in [2.45, 2.75) is 13.1 Å². The second-order valence-corrected chi connectivity index (χ2v) is 10.6. The van der Waals surface area contributed by atoms with Crippen LogP contribution in [0.1, 0.15) is 16.8 Å². The Morgan fingerprint density at radius 1 is 0.864 bits per heavy atom. The van der Waals surface area contributed by atoms with Crippen LogP contribution in [0.3, 0.4) is 0 Å². The summed E-state index contributed by atoms with van der Waals surface area (Å²) in [5.74, 6) is 1.21. The summed E-state index contributed by atoms with van der Waals surface area (Å²) in [7, 11) is 0. The molecule has 0 bridgehead atoms. The van der Waals surface area contributed by atoms with Crippen LogP contribution in [0.5, 0.6) is 11.5 Å². The van der Waals surface area contributed by atoms with Gasteiger partial charge in [-0.25, -0.2) is 4.98 Å². The molecular weight excluding hydrogens is 617 g/mol. The SMILES string of the molecule is Cl.Cl.N#Cc1ccc(Cn2cncc2CN2CCN(c3cccc(Cl)c3)C(=O)C2)cc1Oc1ccc(-c2ccccc2)cc1. The van der Waals surface area contributed by atoms with E-state index in [9.17, 15) is 10.1 Å². The molecule has 0 N–H and O–H groups in total. The minimum atomic E-state index is 0. The van der Waals surface area contributed by atoms with Crippen LogP contribution in [-0.2, 0) is 17.9 Å². The van der Waals surface area contributed by atoms with E-state index >= 15 is 0 Å². The maximum Gasteiger partial charge on any atom is 0.241 e. The van der Waals surface area contributed by atoms with Crippen LogP contribution in [0.2, 0.25) is 5.02 Å². The molecule has 1 aliphatic heterocycles. The first-order valence-corrected chi connectivity index (χ1v) is 14.1. The van der Waals surface area contributed by atoms with E-state index in [1.165, 1.54) is 0 Å². The highest BCUT2D eigenvalue weighted by Crippen LogP contribution is 2.29. The molecule has 0 atom stereocenters. The fourth-order valence-electron chi connectivity index (χ4n) is 5.14. The number of halogens is 3. The number of carbonyl (C=O) groups is 1. The molecule has 0 unspecified atom stereocenters. The summed E-state index contributed by atoms with van der Waals surface area (Å²) >= 11 is 6.13. The van der Waals surface area contributed by atoms with Crippen LogP contribution in [0, 0.1) is 11.3 Å². The predicted molar refractivity (Wildman–Crippen MR) is 178 cm³/mol. The zero-order valence-corrected chi connectivity index (χ0v) is 26.1. The molecule has 0 saturated carbocycles. The third-order valence-electron chi connectivity index (χ3n) is 7.31. The topological polar surface area (TPSA) is 74.4 Å². The van der Waals surface area contributed by atoms with E-state index in [-0.39, 0.29) is 30.7 Å². The van der Waals surface area contributed by atoms with Crippen molar-refractivity contribution in [1.82, 2.24) is 14.5 Å². The summed E-state index contributed by atoms with van der Waals surface area (Å²) < 4.78 is 8.23. The number of carbonyl (C=O) groups excluding carboxylic acids is 1. The summed E-state index contributed by atoms with van der Waals surface area (Å²) in [4.78, 5) is 21.2. The Morgan fingerprint density at radius 2 is 1.64 bits per heavy atom. The lowest BCUT2D eigenvalue weighted by Gasteiger charge is -2.34. The van der Waals surface area contributed by atoms with E-state index in [0.717, 1.165) is 34.6 Å². The van der Waals surface area contributed by atoms with Crippen LogP contribution >= 0.6 is 36.4 Å². The second kappa shape index (κ2) is 14.9. The molecule has 1 aromatic heterocycles. The zero-order valence-electron chi connectivity index (χ0n) is 23.7. The van der Waals surface area contributed by atoms with Crippen molar-refractivity contribution < 1.29 is 9.53 Å². The second-order valence-electron chi connectivity index (χ2n) is 10.2. The van der Waals surface area contributed by atoms with Gasteiger partial charge < -0.3 is 14.2 Å². The number of ether oxygens (including phenoxy) is 1. The lowest BCUT2D eigenvalue weighted by atomic mass is 10.1. The quantitative estimate of drug-likeness (QED) is 0.174. The van der Waals surface area contributed by atoms with Gasteiger partial charge in [-0.2, -0.15) is 5.26 Å². The number of nitrogens with zero attached hydrogens (tertiary/aromatic N) is 5. The van der Waals surface area contributed by atoms with Crippen LogP contribution in [-0.4, -0.2) is 40.0 Å². The van der Waals surface area contributed by atoms with Gasteiger partial charge in [-0.05, 0) is 59.2 Å². The summed E-state index contributed by atoms with van der Waals surface area (Å²) in [6, 6.07) is 33.2. The number of nitriles is 1. The number of rotatable bonds is 8. The molecule has 44 heavy (non-hydrogen) atoms. The molecule has 7 nitrogen and oxygen atoms in total. The highest BCUT2D eigenvalue weighted by atomic mass is 35.5. The van der Waals surface area contributed by atoms with E-state index in [4.69, 9.17) is 16.3 Å². The smallest absolute Gasteiger partial charge is 0.241 e. The molecule has 5 aromatic rings. The van der Waals surface area contributed by atoms with Crippen LogP contribution in [0.25, 0.3) is 11.1 Å². The average Bonchev–Trinajstić information content (AvgIpc) is 3.44. The lowest BCUT2D eigenvalue weighted by Crippen LogP contribution is -2.50. The molecule has 1 aliphatic rings. The van der Waals surface area contributed by atoms with Crippen LogP contribution < -0.4 is 9.64 Å². The van der Waals surface area contributed by atoms with Gasteiger partial charge in [0.25, 0.3) is 0 Å². The van der Waals surface area contributed by atoms with Crippen LogP contribution in [0.4, 0.5) is 5.69 Å². The Labute approximate surface area is 274 Å². The number of anilines is 1. The molecule has 0 aliphatic carbocycles. The Kier molecular flexibility index (Phi) is 11.0. The van der Waals surface area contributed by atoms with Crippen molar-refractivity contribution in [2.24, 2.45) is 0 Å². The summed E-state index contributed by atoms with van der Waals surface area (Å²) in [5, 5.41) is 10.3. The van der Waals surface area contributed by atoms with Gasteiger partial charge in [-0.1, -0.05) is 66.2 Å². The highest BCUT2D eigenvalue weighted by Gasteiger charge is 2.26. The molecule has 4 aromatic carbocycles. The number of hydrogen-bond acceptors (Lipinski definition) is 5. The van der Waals surface area contributed by atoms with Gasteiger partial charge in [0.2, 0.25) is 5.91 Å². The maximum atomic E-state index is 12.9. The maximum absolute atomic E-state index is 12.9. The van der Waals surface area contributed by atoms with E-state index < -0.39 is 0 Å². The molecule has 2 heterocycles. The molecule has 0 spiro atoms. The van der Waals surface area contributed by atoms with Crippen molar-refractivity contribution in [3.8, 4) is 28.7 Å². The first-order chi connectivity index (χ1) is 20.6. The number of hydrogen-bond donors (Lipinski definition) is 0. The van der Waals surface area contributed by atoms with Crippen molar-refractivity contribution in [3.05, 3.63) is 131 Å². The summed E-state index contributed by atoms with van der Waals surface area (Å²) in [6.45, 7) is 2.80. The van der Waals surface area contributed by atoms with Gasteiger partial charge in [0.05, 0.1) is 24.1 Å². The fourth-order valence-corrected chi connectivity index (χ4v) is 5.32. The summed E-state index contributed by atoms with van der Waals surface area (Å²) in [5.41, 5.74) is 5.49. The normalized spacial score (nSPS) is 13.0. The fraction of sp³-hybridized carbons (Fsp3) is 0.147. The third kappa shape index (κ3) is 7.60. The van der Waals surface area contributed by atoms with Gasteiger partial charge in [0, 0.05) is 43.1 Å². The van der Waals surface area contributed by atoms with Crippen molar-refractivity contribution >= 4 is 48.0 Å². The Morgan fingerprint density at radius 3 is 2.36 bits per heavy atom. The molecule has 10 heteroatoms. The number of benzene rings is 4. The first-order valence-electron chi connectivity index (χ1n) is 13.7. The molecular formula is C34H30Cl3N5O2. The minimum Gasteiger partial charge on any atom is -0.456 e. The molecule has 1 amide bonds. The van der Waals surface area contributed by atoms with Gasteiger partial charge in [-0.15, -0.1) is 24.8 Å². The van der Waals surface area contributed by atoms with Crippen molar-refractivity contribution in [1.29, 1.82) is 5.26 Å². The largest absolute Gasteiger partial charge is 0.456 e. The van der Waals surface area contributed by atoms with E-state index in [2.05, 4.69) is 32.7 Å². The number of piperazine rings is 1. The monoisotopic (exact) mass is 645 g/mol. The number of amides is 1. The molecule has 224 valence electrons. The standard InChI is InChI=1S/C34H28ClN5O2.2ClH/c35-29-7-4-8-30(18-29)40-16-15-38(23-34(40)41)22-31-20-37-24-39(31)21-25-9-10-28(19-36)33(17-25)42-32-13-11-27(12-14-32)26-5-2-1-3-6-26;;/h1-14,17-18,20,24H,15-16,21-23H2;2*1H. The van der Waals surface area contributed by atoms with Gasteiger partial charge in [0.15, 0.2) is 0 Å². The predicted octanol–water partition coefficient (Wildman–Crippen LogP) is 7.61. The van der Waals surface area contributed by atoms with Crippen molar-refractivity contribution in [3.63, 3.8) is 0 Å². The van der Waals surface area contributed by atoms with E-state index in [0.29, 0.717) is 48.3 Å². The Bertz CT molecular complexity index is 1750. The van der Waals surface area contributed by atoms with Gasteiger partial charge >= 0.3 is 0 Å². The lowest BCUT2D eigenvalue weighted by molar-refractivity contribution is -0.121. The Hall–Kier alpha value is -4.32. The first kappa shape index (κ1) is 32.6. The molecule has 0 radical (unpaired) electrons. The van der Waals surface area contributed by atoms with E-state index in [1.54, 1.807) is 23.4 Å². The number of aromatic nitrogens is 2.